The first-order valence-electron chi connectivity index (χ1n) is 9.28. The summed E-state index contributed by atoms with van der Waals surface area (Å²) in [5, 5.41) is 6.93. The number of nitrogens with zero attached hydrogens (tertiary/aromatic N) is 3. The zero-order valence-corrected chi connectivity index (χ0v) is 16.7. The summed E-state index contributed by atoms with van der Waals surface area (Å²) in [4.78, 5) is 26.6. The number of benzene rings is 2. The summed E-state index contributed by atoms with van der Waals surface area (Å²) in [7, 11) is 3.88. The number of hydrogen-bond acceptors (Lipinski definition) is 5. The summed E-state index contributed by atoms with van der Waals surface area (Å²) in [5.74, 6) is -0.984. The zero-order chi connectivity index (χ0) is 20.8. The van der Waals surface area contributed by atoms with E-state index in [0.717, 1.165) is 11.3 Å². The number of ether oxygens (including phenoxy) is 1. The highest BCUT2D eigenvalue weighted by atomic mass is 16.5. The first kappa shape index (κ1) is 20.1. The third kappa shape index (κ3) is 5.44. The van der Waals surface area contributed by atoms with Gasteiger partial charge in [0.15, 0.2) is 6.10 Å². The Kier molecular flexibility index (Phi) is 6.29. The van der Waals surface area contributed by atoms with Crippen LogP contribution in [-0.4, -0.2) is 41.9 Å². The van der Waals surface area contributed by atoms with Crippen LogP contribution in [0.4, 0.5) is 11.4 Å². The Morgan fingerprint density at radius 1 is 1.10 bits per heavy atom. The van der Waals surface area contributed by atoms with Crippen LogP contribution in [0.5, 0.6) is 0 Å². The topological polar surface area (TPSA) is 76.5 Å². The fourth-order valence-electron chi connectivity index (χ4n) is 2.69. The van der Waals surface area contributed by atoms with Crippen LogP contribution in [0.25, 0.3) is 0 Å². The van der Waals surface area contributed by atoms with Crippen molar-refractivity contribution >= 4 is 23.3 Å². The van der Waals surface area contributed by atoms with Crippen molar-refractivity contribution in [1.29, 1.82) is 0 Å². The van der Waals surface area contributed by atoms with Crippen LogP contribution in [0.3, 0.4) is 0 Å². The van der Waals surface area contributed by atoms with Crippen molar-refractivity contribution in [3.8, 4) is 0 Å². The first-order valence-corrected chi connectivity index (χ1v) is 9.28. The zero-order valence-electron chi connectivity index (χ0n) is 16.7. The SMILES string of the molecule is C[C@@H](OC(=O)c1cnn(Cc2ccccc2)c1)C(=O)Nc1ccc(N(C)C)cc1. The second kappa shape index (κ2) is 9.05. The molecule has 2 aromatic carbocycles. The van der Waals surface area contributed by atoms with Gasteiger partial charge < -0.3 is 15.0 Å². The highest BCUT2D eigenvalue weighted by Gasteiger charge is 2.20. The summed E-state index contributed by atoms with van der Waals surface area (Å²) in [6, 6.07) is 17.2. The van der Waals surface area contributed by atoms with Crippen LogP contribution in [0, 0.1) is 0 Å². The van der Waals surface area contributed by atoms with Crippen molar-refractivity contribution in [2.75, 3.05) is 24.3 Å². The smallest absolute Gasteiger partial charge is 0.342 e. The monoisotopic (exact) mass is 392 g/mol. The van der Waals surface area contributed by atoms with Gasteiger partial charge in [0.05, 0.1) is 18.3 Å². The number of carbonyl (C=O) groups is 2. The molecule has 1 N–H and O–H groups in total. The van der Waals surface area contributed by atoms with Crippen LogP contribution < -0.4 is 10.2 Å². The predicted molar refractivity (Wildman–Crippen MR) is 112 cm³/mol. The normalized spacial score (nSPS) is 11.6. The van der Waals surface area contributed by atoms with Crippen molar-refractivity contribution in [3.63, 3.8) is 0 Å². The van der Waals surface area contributed by atoms with Crippen molar-refractivity contribution in [2.45, 2.75) is 19.6 Å². The number of anilines is 2. The van der Waals surface area contributed by atoms with Crippen LogP contribution in [0.15, 0.2) is 67.0 Å². The number of rotatable bonds is 7. The summed E-state index contributed by atoms with van der Waals surface area (Å²) in [6.45, 7) is 2.09. The van der Waals surface area contributed by atoms with E-state index in [1.54, 1.807) is 23.0 Å². The van der Waals surface area contributed by atoms with Gasteiger partial charge in [-0.25, -0.2) is 4.79 Å². The summed E-state index contributed by atoms with van der Waals surface area (Å²) in [6.07, 6.45) is 2.11. The van der Waals surface area contributed by atoms with Gasteiger partial charge in [-0.3, -0.25) is 9.48 Å². The summed E-state index contributed by atoms with van der Waals surface area (Å²) >= 11 is 0. The molecule has 0 aliphatic rings. The molecule has 1 aromatic heterocycles. The molecule has 0 bridgehead atoms. The van der Waals surface area contributed by atoms with E-state index in [-0.39, 0.29) is 0 Å². The molecule has 3 aromatic rings. The van der Waals surface area contributed by atoms with E-state index in [1.165, 1.54) is 13.1 Å². The van der Waals surface area contributed by atoms with Crippen LogP contribution in [0.1, 0.15) is 22.8 Å². The quantitative estimate of drug-likeness (QED) is 0.625. The first-order chi connectivity index (χ1) is 13.9. The maximum Gasteiger partial charge on any atom is 0.342 e. The van der Waals surface area contributed by atoms with Crippen LogP contribution in [0.2, 0.25) is 0 Å². The number of esters is 1. The van der Waals surface area contributed by atoms with Gasteiger partial charge in [0, 0.05) is 31.7 Å². The molecule has 0 radical (unpaired) electrons. The Labute approximate surface area is 169 Å². The molecule has 7 heteroatoms. The molecule has 0 fully saturated rings. The molecule has 0 unspecified atom stereocenters. The Morgan fingerprint density at radius 2 is 1.79 bits per heavy atom. The lowest BCUT2D eigenvalue weighted by Gasteiger charge is -2.15. The third-order valence-electron chi connectivity index (χ3n) is 4.36. The molecular weight excluding hydrogens is 368 g/mol. The molecule has 0 spiro atoms. The van der Waals surface area contributed by atoms with Crippen molar-refractivity contribution in [1.82, 2.24) is 9.78 Å². The highest BCUT2D eigenvalue weighted by Crippen LogP contribution is 2.16. The Hall–Kier alpha value is -3.61. The van der Waals surface area contributed by atoms with Gasteiger partial charge in [-0.2, -0.15) is 5.10 Å². The fraction of sp³-hybridized carbons (Fsp3) is 0.227. The molecule has 1 heterocycles. The summed E-state index contributed by atoms with van der Waals surface area (Å²) < 4.78 is 6.94. The minimum absolute atomic E-state index is 0.302. The van der Waals surface area contributed by atoms with Gasteiger partial charge in [-0.1, -0.05) is 30.3 Å². The molecule has 0 aliphatic carbocycles. The second-order valence-corrected chi connectivity index (χ2v) is 6.89. The predicted octanol–water partition coefficient (Wildman–Crippen LogP) is 3.18. The van der Waals surface area contributed by atoms with E-state index in [2.05, 4.69) is 10.4 Å². The van der Waals surface area contributed by atoms with E-state index in [9.17, 15) is 9.59 Å². The average Bonchev–Trinajstić information content (AvgIpc) is 3.17. The Balaban J connectivity index is 1.55. The number of nitrogens with one attached hydrogen (secondary N) is 1. The van der Waals surface area contributed by atoms with Gasteiger partial charge in [0.25, 0.3) is 5.91 Å². The molecule has 29 heavy (non-hydrogen) atoms. The minimum atomic E-state index is -0.937. The number of carbonyl (C=O) groups excluding carboxylic acids is 2. The molecule has 0 saturated heterocycles. The third-order valence-corrected chi connectivity index (χ3v) is 4.36. The second-order valence-electron chi connectivity index (χ2n) is 6.89. The lowest BCUT2D eigenvalue weighted by atomic mass is 10.2. The molecule has 3 rings (SSSR count). The van der Waals surface area contributed by atoms with E-state index in [0.29, 0.717) is 17.8 Å². The van der Waals surface area contributed by atoms with Gasteiger partial charge >= 0.3 is 5.97 Å². The standard InChI is InChI=1S/C22H24N4O3/c1-16(21(27)24-19-9-11-20(12-10-19)25(2)3)29-22(28)18-13-23-26(15-18)14-17-7-5-4-6-8-17/h4-13,15-16H,14H2,1-3H3,(H,24,27)/t16-/m1/s1. The minimum Gasteiger partial charge on any atom is -0.449 e. The molecule has 0 aliphatic heterocycles. The van der Waals surface area contributed by atoms with E-state index >= 15 is 0 Å². The number of amides is 1. The van der Waals surface area contributed by atoms with Gasteiger partial charge in [-0.05, 0) is 36.8 Å². The molecule has 7 nitrogen and oxygen atoms in total. The maximum absolute atomic E-state index is 12.3. The molecular formula is C22H24N4O3. The van der Waals surface area contributed by atoms with Crippen molar-refractivity contribution < 1.29 is 14.3 Å². The molecule has 1 amide bonds. The maximum atomic E-state index is 12.3. The Bertz CT molecular complexity index is 965. The van der Waals surface area contributed by atoms with Crippen LogP contribution in [-0.2, 0) is 16.1 Å². The van der Waals surface area contributed by atoms with E-state index in [4.69, 9.17) is 4.74 Å². The fourth-order valence-corrected chi connectivity index (χ4v) is 2.69. The molecule has 1 atom stereocenters. The van der Waals surface area contributed by atoms with Crippen molar-refractivity contribution in [2.24, 2.45) is 0 Å². The molecule has 0 saturated carbocycles. The largest absolute Gasteiger partial charge is 0.449 e. The number of aromatic nitrogens is 2. The van der Waals surface area contributed by atoms with Crippen LogP contribution >= 0.6 is 0 Å². The average molecular weight is 392 g/mol. The van der Waals surface area contributed by atoms with Crippen molar-refractivity contribution in [3.05, 3.63) is 78.1 Å². The van der Waals surface area contributed by atoms with E-state index < -0.39 is 18.0 Å². The Morgan fingerprint density at radius 3 is 2.45 bits per heavy atom. The van der Waals surface area contributed by atoms with Gasteiger partial charge in [-0.15, -0.1) is 0 Å². The lowest BCUT2D eigenvalue weighted by molar-refractivity contribution is -0.123. The number of hydrogen-bond donors (Lipinski definition) is 1. The lowest BCUT2D eigenvalue weighted by Crippen LogP contribution is -2.29. The molecule has 150 valence electrons. The summed E-state index contributed by atoms with van der Waals surface area (Å²) in [5.41, 5.74) is 3.04. The van der Waals surface area contributed by atoms with Gasteiger partial charge in [0.1, 0.15) is 0 Å². The van der Waals surface area contributed by atoms with Gasteiger partial charge in [0.2, 0.25) is 0 Å². The van der Waals surface area contributed by atoms with E-state index in [1.807, 2.05) is 61.5 Å². The highest BCUT2D eigenvalue weighted by molar-refractivity contribution is 5.97.